The van der Waals surface area contributed by atoms with E-state index in [2.05, 4.69) is 0 Å². The molecule has 58 valence electrons. The largest absolute Gasteiger partial charge is 0.327 e. The van der Waals surface area contributed by atoms with E-state index in [0.717, 1.165) is 0 Å². The summed E-state index contributed by atoms with van der Waals surface area (Å²) < 4.78 is 30.9. The zero-order chi connectivity index (χ0) is 6.78. The van der Waals surface area contributed by atoms with Gasteiger partial charge < -0.3 is 5.73 Å². The lowest BCUT2D eigenvalue weighted by atomic mass is 10.4. The van der Waals surface area contributed by atoms with Gasteiger partial charge in [0.1, 0.15) is 0 Å². The molecule has 0 rings (SSSR count). The van der Waals surface area contributed by atoms with Gasteiger partial charge in [-0.15, -0.1) is 16.3 Å². The molecule has 0 heterocycles. The van der Waals surface area contributed by atoms with Crippen LogP contribution in [0.1, 0.15) is 6.92 Å². The van der Waals surface area contributed by atoms with Crippen molar-refractivity contribution in [2.24, 2.45) is 5.73 Å². The van der Waals surface area contributed by atoms with Crippen molar-refractivity contribution in [3.8, 4) is 0 Å². The first-order valence-corrected chi connectivity index (χ1v) is 3.65. The Morgan fingerprint density at radius 1 is 1.67 bits per heavy atom. The minimum atomic E-state index is -4.35. The van der Waals surface area contributed by atoms with Crippen LogP contribution >= 0.6 is 12.4 Å². The maximum absolute atomic E-state index is 11.5. The first kappa shape index (κ1) is 11.9. The molecule has 0 bridgehead atoms. The summed E-state index contributed by atoms with van der Waals surface area (Å²) in [5.74, 6) is -0.590. The minimum Gasteiger partial charge on any atom is -0.327 e. The molecule has 0 fully saturated rings. The second-order valence-electron chi connectivity index (χ2n) is 1.68. The Kier molecular flexibility index (Phi) is 5.31. The van der Waals surface area contributed by atoms with E-state index < -0.39 is 22.0 Å². The average molecular weight is 178 g/mol. The van der Waals surface area contributed by atoms with Gasteiger partial charge in [-0.3, -0.25) is 0 Å². The van der Waals surface area contributed by atoms with Crippen LogP contribution in [0.5, 0.6) is 0 Å². The fourth-order valence-electron chi connectivity index (χ4n) is 0.314. The van der Waals surface area contributed by atoms with Gasteiger partial charge in [-0.05, 0) is 6.92 Å². The van der Waals surface area contributed by atoms with Crippen molar-refractivity contribution >= 4 is 22.6 Å². The molecule has 3 nitrogen and oxygen atoms in total. The third-order valence-electron chi connectivity index (χ3n) is 0.462. The zero-order valence-corrected chi connectivity index (χ0v) is 6.51. The second kappa shape index (κ2) is 4.03. The maximum atomic E-state index is 11.5. The van der Waals surface area contributed by atoms with Crippen molar-refractivity contribution in [1.82, 2.24) is 0 Å². The lowest BCUT2D eigenvalue weighted by Gasteiger charge is -1.96. The maximum Gasteiger partial charge on any atom is 0.303 e. The van der Waals surface area contributed by atoms with E-state index in [9.17, 15) is 12.3 Å². The molecular formula is C3H9ClFNO2S. The Morgan fingerprint density at radius 2 is 2.00 bits per heavy atom. The van der Waals surface area contributed by atoms with Crippen molar-refractivity contribution in [2.45, 2.75) is 13.0 Å². The molecule has 0 saturated carbocycles. The molecule has 0 aromatic heterocycles. The van der Waals surface area contributed by atoms with Crippen LogP contribution in [0, 0.1) is 0 Å². The van der Waals surface area contributed by atoms with Crippen LogP contribution in [-0.4, -0.2) is 20.2 Å². The van der Waals surface area contributed by atoms with Gasteiger partial charge in [-0.25, -0.2) is 0 Å². The molecule has 0 aliphatic rings. The number of nitrogens with two attached hydrogens (primary N) is 1. The molecule has 0 amide bonds. The number of rotatable bonds is 2. The van der Waals surface area contributed by atoms with E-state index in [1.165, 1.54) is 6.92 Å². The lowest BCUT2D eigenvalue weighted by molar-refractivity contribution is 0.546. The van der Waals surface area contributed by atoms with Gasteiger partial charge in [0.05, 0.1) is 5.75 Å². The first-order chi connectivity index (χ1) is 3.42. The highest BCUT2D eigenvalue weighted by Gasteiger charge is 2.08. The van der Waals surface area contributed by atoms with Crippen LogP contribution in [-0.2, 0) is 10.2 Å². The SMILES string of the molecule is CC(N)CS(=O)(=O)F.Cl. The first-order valence-electron chi connectivity index (χ1n) is 2.10. The summed E-state index contributed by atoms with van der Waals surface area (Å²) in [5.41, 5.74) is 4.96. The molecule has 0 aliphatic carbocycles. The third-order valence-corrected chi connectivity index (χ3v) is 1.39. The van der Waals surface area contributed by atoms with E-state index in [1.807, 2.05) is 0 Å². The third kappa shape index (κ3) is 11.6. The van der Waals surface area contributed by atoms with Gasteiger partial charge in [-0.1, -0.05) is 0 Å². The Morgan fingerprint density at radius 3 is 2.00 bits per heavy atom. The van der Waals surface area contributed by atoms with E-state index in [0.29, 0.717) is 0 Å². The Labute approximate surface area is 60.0 Å². The van der Waals surface area contributed by atoms with Crippen LogP contribution in [0.4, 0.5) is 3.89 Å². The second-order valence-corrected chi connectivity index (χ2v) is 3.09. The molecule has 0 aromatic rings. The van der Waals surface area contributed by atoms with Gasteiger partial charge in [0.25, 0.3) is 0 Å². The smallest absolute Gasteiger partial charge is 0.303 e. The van der Waals surface area contributed by atoms with Crippen LogP contribution in [0.15, 0.2) is 0 Å². The van der Waals surface area contributed by atoms with Crippen LogP contribution < -0.4 is 5.73 Å². The van der Waals surface area contributed by atoms with Gasteiger partial charge in [0.15, 0.2) is 0 Å². The predicted octanol–water partition coefficient (Wildman–Crippen LogP) is 0.0547. The molecule has 0 saturated heterocycles. The molecule has 0 aliphatic heterocycles. The predicted molar refractivity (Wildman–Crippen MR) is 35.8 cm³/mol. The average Bonchev–Trinajstić information content (AvgIpc) is 1.21. The van der Waals surface area contributed by atoms with E-state index in [1.54, 1.807) is 0 Å². The summed E-state index contributed by atoms with van der Waals surface area (Å²) in [7, 11) is -4.35. The molecule has 1 atom stereocenters. The van der Waals surface area contributed by atoms with Gasteiger partial charge in [0, 0.05) is 6.04 Å². The quantitative estimate of drug-likeness (QED) is 0.607. The molecular weight excluding hydrogens is 169 g/mol. The fraction of sp³-hybridized carbons (Fsp3) is 1.00. The standard InChI is InChI=1S/C3H8FNO2S.ClH/c1-3(5)2-8(4,6)7;/h3H,2,5H2,1H3;1H. The molecule has 2 N–H and O–H groups in total. The number of hydrogen-bond donors (Lipinski definition) is 1. The highest BCUT2D eigenvalue weighted by atomic mass is 35.5. The molecule has 0 spiro atoms. The van der Waals surface area contributed by atoms with Crippen molar-refractivity contribution < 1.29 is 12.3 Å². The Balaban J connectivity index is 0. The normalized spacial score (nSPS) is 14.1. The van der Waals surface area contributed by atoms with Crippen molar-refractivity contribution in [3.05, 3.63) is 0 Å². The summed E-state index contributed by atoms with van der Waals surface area (Å²) in [6.45, 7) is 1.43. The van der Waals surface area contributed by atoms with E-state index >= 15 is 0 Å². The lowest BCUT2D eigenvalue weighted by Crippen LogP contribution is -2.23. The summed E-state index contributed by atoms with van der Waals surface area (Å²) >= 11 is 0. The van der Waals surface area contributed by atoms with Crippen molar-refractivity contribution in [2.75, 3.05) is 5.75 Å². The number of hydrogen-bond acceptors (Lipinski definition) is 3. The van der Waals surface area contributed by atoms with Gasteiger partial charge in [0.2, 0.25) is 0 Å². The topological polar surface area (TPSA) is 60.2 Å². The fourth-order valence-corrected chi connectivity index (χ4v) is 0.942. The van der Waals surface area contributed by atoms with Crippen LogP contribution in [0.3, 0.4) is 0 Å². The molecule has 0 aromatic carbocycles. The van der Waals surface area contributed by atoms with Crippen LogP contribution in [0.2, 0.25) is 0 Å². The summed E-state index contributed by atoms with van der Waals surface area (Å²) in [4.78, 5) is 0. The monoisotopic (exact) mass is 177 g/mol. The van der Waals surface area contributed by atoms with Crippen LogP contribution in [0.25, 0.3) is 0 Å². The molecule has 1 unspecified atom stereocenters. The number of halogens is 2. The van der Waals surface area contributed by atoms with E-state index in [-0.39, 0.29) is 12.4 Å². The molecule has 0 radical (unpaired) electrons. The molecule has 9 heavy (non-hydrogen) atoms. The van der Waals surface area contributed by atoms with Crippen molar-refractivity contribution in [1.29, 1.82) is 0 Å². The van der Waals surface area contributed by atoms with Gasteiger partial charge >= 0.3 is 10.2 Å². The zero-order valence-electron chi connectivity index (χ0n) is 4.87. The summed E-state index contributed by atoms with van der Waals surface area (Å²) in [6.07, 6.45) is 0. The van der Waals surface area contributed by atoms with Crippen molar-refractivity contribution in [3.63, 3.8) is 0 Å². The highest BCUT2D eigenvalue weighted by Crippen LogP contribution is 1.91. The Bertz CT molecular complexity index is 155. The summed E-state index contributed by atoms with van der Waals surface area (Å²) in [6, 6.07) is -0.620. The minimum absolute atomic E-state index is 0. The van der Waals surface area contributed by atoms with Gasteiger partial charge in [-0.2, -0.15) is 8.42 Å². The Hall–Kier alpha value is 0.130. The van der Waals surface area contributed by atoms with E-state index in [4.69, 9.17) is 5.73 Å². The summed E-state index contributed by atoms with van der Waals surface area (Å²) in [5, 5.41) is 0. The highest BCUT2D eigenvalue weighted by molar-refractivity contribution is 7.86. The molecule has 6 heteroatoms.